The van der Waals surface area contributed by atoms with Crippen LogP contribution in [0, 0.1) is 17.3 Å². The number of aliphatic hydroxyl groups is 1. The van der Waals surface area contributed by atoms with Gasteiger partial charge in [-0.05, 0) is 83.2 Å². The quantitative estimate of drug-likeness (QED) is 0.609. The number of aliphatic hydroxyl groups excluding tert-OH is 1. The van der Waals surface area contributed by atoms with Crippen LogP contribution in [0.25, 0.3) is 0 Å². The lowest BCUT2D eigenvalue weighted by molar-refractivity contribution is -0.160. The highest BCUT2D eigenvalue weighted by Crippen LogP contribution is 2.57. The van der Waals surface area contributed by atoms with E-state index in [4.69, 9.17) is 0 Å². The summed E-state index contributed by atoms with van der Waals surface area (Å²) in [6.07, 6.45) is 24.6. The van der Waals surface area contributed by atoms with Crippen LogP contribution in [-0.4, -0.2) is 59.8 Å². The van der Waals surface area contributed by atoms with Crippen LogP contribution in [-0.2, 0) is 0 Å². The molecule has 0 aromatic heterocycles. The van der Waals surface area contributed by atoms with Gasteiger partial charge in [0, 0.05) is 37.0 Å². The molecule has 29 heavy (non-hydrogen) atoms. The van der Waals surface area contributed by atoms with Gasteiger partial charge in [-0.15, -0.1) is 0 Å². The minimum absolute atomic E-state index is 0.152. The van der Waals surface area contributed by atoms with Gasteiger partial charge in [0.2, 0.25) is 0 Å². The van der Waals surface area contributed by atoms with E-state index in [9.17, 15) is 5.11 Å². The number of hydrogen-bond donors (Lipinski definition) is 1. The highest BCUT2D eigenvalue weighted by atomic mass is 16.3. The van der Waals surface area contributed by atoms with Crippen molar-refractivity contribution in [2.24, 2.45) is 17.3 Å². The van der Waals surface area contributed by atoms with Gasteiger partial charge in [-0.3, -0.25) is 4.90 Å². The maximum atomic E-state index is 11.4. The van der Waals surface area contributed by atoms with E-state index < -0.39 is 0 Å². The maximum absolute atomic E-state index is 11.4. The van der Waals surface area contributed by atoms with Gasteiger partial charge >= 0.3 is 0 Å². The molecule has 0 radical (unpaired) electrons. The first-order valence-electron chi connectivity index (χ1n) is 12.4. The summed E-state index contributed by atoms with van der Waals surface area (Å²) in [5, 5.41) is 11.4. The molecule has 160 valence electrons. The van der Waals surface area contributed by atoms with Gasteiger partial charge in [0.05, 0.1) is 6.10 Å². The second-order valence-electron chi connectivity index (χ2n) is 10.4. The van der Waals surface area contributed by atoms with Crippen LogP contribution >= 0.6 is 0 Å². The van der Waals surface area contributed by atoms with E-state index in [1.807, 2.05) is 0 Å². The Labute approximate surface area is 177 Å². The summed E-state index contributed by atoms with van der Waals surface area (Å²) in [6.45, 7) is 5.68. The zero-order chi connectivity index (χ0) is 19.7. The number of hydrogen-bond acceptors (Lipinski definition) is 3. The minimum Gasteiger partial charge on any atom is -0.391 e. The molecule has 2 fully saturated rings. The van der Waals surface area contributed by atoms with Crippen LogP contribution in [0.15, 0.2) is 36.0 Å². The van der Waals surface area contributed by atoms with Gasteiger partial charge in [0.1, 0.15) is 0 Å². The standard InChI is InChI=1S/C26H40N2O/c29-23-19-27-15-11-7-4-2-6-10-14-26(20-27)24(23)22-17-21-13-9-5-1-3-8-12-16-28(18-22)25(21)26/h1-2,4-5,17,22-25,29H,3,6-16,18-20H2/b4-2-,5-1-/t22-,23+,24-,25-,26+/m1/s1. The summed E-state index contributed by atoms with van der Waals surface area (Å²) >= 11 is 0. The molecule has 6 aliphatic rings. The number of fused-ring (bicyclic) bond motifs is 1. The normalized spacial score (nSPS) is 47.7. The van der Waals surface area contributed by atoms with Crippen LogP contribution in [0.1, 0.15) is 64.2 Å². The van der Waals surface area contributed by atoms with E-state index >= 15 is 0 Å². The fraction of sp³-hybridized carbons (Fsp3) is 0.769. The second kappa shape index (κ2) is 8.69. The Balaban J connectivity index is 1.53. The lowest BCUT2D eigenvalue weighted by atomic mass is 9.51. The summed E-state index contributed by atoms with van der Waals surface area (Å²) in [5.41, 5.74) is 1.96. The van der Waals surface area contributed by atoms with Crippen molar-refractivity contribution in [3.63, 3.8) is 0 Å². The first-order valence-corrected chi connectivity index (χ1v) is 12.4. The predicted molar refractivity (Wildman–Crippen MR) is 120 cm³/mol. The molecule has 3 heteroatoms. The van der Waals surface area contributed by atoms with E-state index in [1.54, 1.807) is 5.57 Å². The Bertz CT molecular complexity index is 668. The predicted octanol–water partition coefficient (Wildman–Crippen LogP) is 4.55. The third kappa shape index (κ3) is 3.79. The van der Waals surface area contributed by atoms with E-state index in [1.165, 1.54) is 83.8 Å². The maximum Gasteiger partial charge on any atom is 0.0707 e. The average molecular weight is 397 g/mol. The van der Waals surface area contributed by atoms with Crippen molar-refractivity contribution >= 4 is 0 Å². The molecule has 0 aromatic carbocycles. The Morgan fingerprint density at radius 3 is 2.55 bits per heavy atom. The van der Waals surface area contributed by atoms with Crippen molar-refractivity contribution in [1.82, 2.24) is 9.80 Å². The van der Waals surface area contributed by atoms with E-state index in [-0.39, 0.29) is 11.5 Å². The molecule has 2 unspecified atom stereocenters. The second-order valence-corrected chi connectivity index (χ2v) is 10.4. The van der Waals surface area contributed by atoms with Crippen LogP contribution in [0.2, 0.25) is 0 Å². The number of nitrogens with zero attached hydrogens (tertiary/aromatic N) is 2. The molecule has 1 N–H and O–H groups in total. The Morgan fingerprint density at radius 1 is 0.862 bits per heavy atom. The Kier molecular flexibility index (Phi) is 6.00. The lowest BCUT2D eigenvalue weighted by Gasteiger charge is -2.65. The van der Waals surface area contributed by atoms with Crippen LogP contribution in [0.4, 0.5) is 0 Å². The van der Waals surface area contributed by atoms with Gasteiger partial charge in [-0.2, -0.15) is 0 Å². The molecule has 0 amide bonds. The van der Waals surface area contributed by atoms with E-state index in [0.29, 0.717) is 17.9 Å². The Morgan fingerprint density at radius 2 is 1.66 bits per heavy atom. The molecule has 7 atom stereocenters. The fourth-order valence-corrected chi connectivity index (χ4v) is 7.58. The number of allylic oxidation sites excluding steroid dienone is 4. The highest BCUT2D eigenvalue weighted by molar-refractivity contribution is 5.31. The number of piperidine rings is 2. The molecule has 6 bridgehead atoms. The number of rotatable bonds is 0. The molecule has 1 aliphatic carbocycles. The first kappa shape index (κ1) is 20.0. The molecular weight excluding hydrogens is 356 g/mol. The molecule has 5 aliphatic heterocycles. The molecule has 3 nitrogen and oxygen atoms in total. The zero-order valence-electron chi connectivity index (χ0n) is 18.1. The Hall–Kier alpha value is -0.900. The lowest BCUT2D eigenvalue weighted by Crippen LogP contribution is -2.72. The van der Waals surface area contributed by atoms with Crippen LogP contribution < -0.4 is 0 Å². The monoisotopic (exact) mass is 396 g/mol. The largest absolute Gasteiger partial charge is 0.391 e. The van der Waals surface area contributed by atoms with Crippen LogP contribution in [0.3, 0.4) is 0 Å². The SMILES string of the molecule is O[C@H]1CN2CCC/C=C\CCC[C@]3(C2)[C@@H]1[C@@H]1C=C2CC/C=C\CCCCN(C1)[C@H]23. The summed E-state index contributed by atoms with van der Waals surface area (Å²) in [6, 6.07) is 0.561. The van der Waals surface area contributed by atoms with Crippen molar-refractivity contribution in [2.75, 3.05) is 32.7 Å². The molecule has 2 saturated heterocycles. The van der Waals surface area contributed by atoms with Crippen molar-refractivity contribution < 1.29 is 5.11 Å². The summed E-state index contributed by atoms with van der Waals surface area (Å²) in [5.74, 6) is 1.02. The molecule has 0 saturated carbocycles. The van der Waals surface area contributed by atoms with E-state index in [0.717, 1.165) is 13.1 Å². The molecular formula is C26H40N2O. The van der Waals surface area contributed by atoms with Gasteiger partial charge in [-0.25, -0.2) is 0 Å². The smallest absolute Gasteiger partial charge is 0.0707 e. The van der Waals surface area contributed by atoms with Gasteiger partial charge < -0.3 is 10.0 Å². The van der Waals surface area contributed by atoms with Gasteiger partial charge in [0.15, 0.2) is 0 Å². The zero-order valence-corrected chi connectivity index (χ0v) is 18.1. The van der Waals surface area contributed by atoms with Crippen molar-refractivity contribution in [3.05, 3.63) is 36.0 Å². The minimum atomic E-state index is -0.152. The van der Waals surface area contributed by atoms with E-state index in [2.05, 4.69) is 40.2 Å². The van der Waals surface area contributed by atoms with Crippen LogP contribution in [0.5, 0.6) is 0 Å². The molecule has 0 aromatic rings. The third-order valence-electron chi connectivity index (χ3n) is 8.49. The van der Waals surface area contributed by atoms with Crippen molar-refractivity contribution in [1.29, 1.82) is 0 Å². The topological polar surface area (TPSA) is 26.7 Å². The first-order chi connectivity index (χ1) is 14.3. The third-order valence-corrected chi connectivity index (χ3v) is 8.49. The summed E-state index contributed by atoms with van der Waals surface area (Å²) < 4.78 is 0. The average Bonchev–Trinajstić information content (AvgIpc) is 2.76. The summed E-state index contributed by atoms with van der Waals surface area (Å²) in [7, 11) is 0. The van der Waals surface area contributed by atoms with Crippen molar-refractivity contribution in [3.8, 4) is 0 Å². The summed E-state index contributed by atoms with van der Waals surface area (Å²) in [4.78, 5) is 5.50. The molecule has 6 rings (SSSR count). The van der Waals surface area contributed by atoms with Gasteiger partial charge in [0.25, 0.3) is 0 Å². The highest BCUT2D eigenvalue weighted by Gasteiger charge is 2.61. The fourth-order valence-electron chi connectivity index (χ4n) is 7.58. The molecule has 5 heterocycles. The van der Waals surface area contributed by atoms with Gasteiger partial charge in [-0.1, -0.05) is 36.0 Å². The van der Waals surface area contributed by atoms with Crippen molar-refractivity contribution in [2.45, 2.75) is 76.4 Å². The molecule has 1 spiro atoms.